The Bertz CT molecular complexity index is 1240. The van der Waals surface area contributed by atoms with Crippen LogP contribution in [-0.4, -0.2) is 29.6 Å². The van der Waals surface area contributed by atoms with Gasteiger partial charge < -0.3 is 15.8 Å². The highest BCUT2D eigenvalue weighted by atomic mass is 19.3. The van der Waals surface area contributed by atoms with E-state index in [1.54, 1.807) is 91.9 Å². The van der Waals surface area contributed by atoms with Gasteiger partial charge >= 0.3 is 12.0 Å². The van der Waals surface area contributed by atoms with Gasteiger partial charge in [-0.1, -0.05) is 111 Å². The van der Waals surface area contributed by atoms with Crippen molar-refractivity contribution in [2.75, 3.05) is 0 Å². The Morgan fingerprint density at radius 2 is 1.40 bits per heavy atom. The minimum atomic E-state index is -3.88. The fourth-order valence-corrected chi connectivity index (χ4v) is 4.46. The lowest BCUT2D eigenvalue weighted by molar-refractivity contribution is -0.153. The molecule has 3 aromatic carbocycles. The first-order chi connectivity index (χ1) is 19.1. The van der Waals surface area contributed by atoms with Gasteiger partial charge in [0.2, 0.25) is 5.78 Å². The number of ketones is 2. The van der Waals surface area contributed by atoms with Gasteiger partial charge in [-0.05, 0) is 29.0 Å². The average molecular weight is 551 g/mol. The maximum absolute atomic E-state index is 15.5. The van der Waals surface area contributed by atoms with Gasteiger partial charge in [0.1, 0.15) is 6.61 Å². The fraction of sp³-hybridized carbons (Fsp3) is 0.344. The van der Waals surface area contributed by atoms with Gasteiger partial charge in [-0.3, -0.25) is 9.59 Å². The predicted octanol–water partition coefficient (Wildman–Crippen LogP) is 6.05. The third kappa shape index (κ3) is 8.55. The van der Waals surface area contributed by atoms with Gasteiger partial charge in [-0.2, -0.15) is 8.78 Å². The van der Waals surface area contributed by atoms with E-state index in [1.807, 2.05) is 13.0 Å². The second-order valence-electron chi connectivity index (χ2n) is 10.0. The number of amides is 1. The van der Waals surface area contributed by atoms with Crippen molar-refractivity contribution in [2.24, 2.45) is 17.6 Å². The lowest BCUT2D eigenvalue weighted by Gasteiger charge is -2.29. The summed E-state index contributed by atoms with van der Waals surface area (Å²) in [5, 5.41) is 2.54. The van der Waals surface area contributed by atoms with Crippen molar-refractivity contribution in [3.8, 4) is 0 Å². The zero-order valence-electron chi connectivity index (χ0n) is 22.8. The molecule has 40 heavy (non-hydrogen) atoms. The number of Topliss-reactive ketones (excluding diaryl/α,β-unsaturated/α-hetero) is 2. The molecule has 212 valence electrons. The number of benzene rings is 3. The first-order valence-corrected chi connectivity index (χ1v) is 13.4. The smallest absolute Gasteiger partial charge is 0.408 e. The van der Waals surface area contributed by atoms with E-state index in [0.29, 0.717) is 17.5 Å². The minimum absolute atomic E-state index is 0.0318. The third-order valence-electron chi connectivity index (χ3n) is 7.01. The summed E-state index contributed by atoms with van der Waals surface area (Å²) in [6, 6.07) is 23.5. The number of hydrogen-bond acceptors (Lipinski definition) is 5. The van der Waals surface area contributed by atoms with Crippen LogP contribution in [0.4, 0.5) is 13.6 Å². The molecule has 0 aromatic heterocycles. The second-order valence-corrected chi connectivity index (χ2v) is 10.0. The van der Waals surface area contributed by atoms with Gasteiger partial charge in [0.25, 0.3) is 0 Å². The lowest BCUT2D eigenvalue weighted by Crippen LogP contribution is -2.52. The SMILES string of the molecule is CC[C@H](C)[C@H](NC(=O)OCc1ccccc1)C(=O)C(Cc1ccccc1)C(=O)C(F)(F)CC(N)c1ccccc1. The Balaban J connectivity index is 1.84. The van der Waals surface area contributed by atoms with Crippen LogP contribution in [-0.2, 0) is 27.4 Å². The summed E-state index contributed by atoms with van der Waals surface area (Å²) >= 11 is 0. The molecule has 0 aliphatic carbocycles. The van der Waals surface area contributed by atoms with Crippen LogP contribution < -0.4 is 11.1 Å². The van der Waals surface area contributed by atoms with Crippen LogP contribution in [0.3, 0.4) is 0 Å². The standard InChI is InChI=1S/C32H36F2N2O4/c1-3-22(2)28(36-31(39)40-21-24-15-9-5-10-16-24)29(37)26(19-23-13-7-4-8-14-23)30(38)32(33,34)20-27(35)25-17-11-6-12-18-25/h4-18,22,26-28H,3,19-21,35H2,1-2H3,(H,36,39)/t22-,26?,27?,28-/m0/s1. The number of carbonyl (C=O) groups excluding carboxylic acids is 3. The largest absolute Gasteiger partial charge is 0.445 e. The Morgan fingerprint density at radius 1 is 0.875 bits per heavy atom. The van der Waals surface area contributed by atoms with Crippen LogP contribution in [0.15, 0.2) is 91.0 Å². The zero-order valence-corrected chi connectivity index (χ0v) is 22.8. The van der Waals surface area contributed by atoms with E-state index in [4.69, 9.17) is 10.5 Å². The Morgan fingerprint density at radius 3 is 1.95 bits per heavy atom. The maximum Gasteiger partial charge on any atom is 0.408 e. The molecule has 0 spiro atoms. The highest BCUT2D eigenvalue weighted by Gasteiger charge is 2.48. The van der Waals surface area contributed by atoms with E-state index in [0.717, 1.165) is 5.56 Å². The van der Waals surface area contributed by atoms with E-state index >= 15 is 8.78 Å². The third-order valence-corrected chi connectivity index (χ3v) is 7.01. The Kier molecular flexibility index (Phi) is 11.1. The highest BCUT2D eigenvalue weighted by molar-refractivity contribution is 6.08. The van der Waals surface area contributed by atoms with Crippen LogP contribution in [0.5, 0.6) is 0 Å². The van der Waals surface area contributed by atoms with Crippen molar-refractivity contribution in [3.05, 3.63) is 108 Å². The van der Waals surface area contributed by atoms with E-state index in [9.17, 15) is 14.4 Å². The molecule has 3 N–H and O–H groups in total. The molecule has 0 heterocycles. The summed E-state index contributed by atoms with van der Waals surface area (Å²) < 4.78 is 36.3. The number of hydrogen-bond donors (Lipinski definition) is 2. The van der Waals surface area contributed by atoms with Crippen molar-refractivity contribution < 1.29 is 27.9 Å². The summed E-state index contributed by atoms with van der Waals surface area (Å²) in [4.78, 5) is 39.9. The van der Waals surface area contributed by atoms with Gasteiger partial charge in [0, 0.05) is 12.5 Å². The van der Waals surface area contributed by atoms with Crippen molar-refractivity contribution in [1.82, 2.24) is 5.32 Å². The summed E-state index contributed by atoms with van der Waals surface area (Å²) in [7, 11) is 0. The van der Waals surface area contributed by atoms with Gasteiger partial charge in [0.05, 0.1) is 12.0 Å². The van der Waals surface area contributed by atoms with Crippen LogP contribution in [0.25, 0.3) is 0 Å². The molecule has 1 amide bonds. The van der Waals surface area contributed by atoms with Crippen LogP contribution in [0.1, 0.15) is 49.4 Å². The fourth-order valence-electron chi connectivity index (χ4n) is 4.46. The van der Waals surface area contributed by atoms with E-state index < -0.39 is 53.9 Å². The number of rotatable bonds is 14. The number of halogens is 2. The van der Waals surface area contributed by atoms with Gasteiger partial charge in [-0.25, -0.2) is 4.79 Å². The Hall–Kier alpha value is -3.91. The molecule has 0 aliphatic rings. The average Bonchev–Trinajstić information content (AvgIpc) is 2.97. The minimum Gasteiger partial charge on any atom is -0.445 e. The van der Waals surface area contributed by atoms with Crippen LogP contribution in [0, 0.1) is 11.8 Å². The molecule has 3 aromatic rings. The van der Waals surface area contributed by atoms with Crippen LogP contribution in [0.2, 0.25) is 0 Å². The molecule has 0 saturated heterocycles. The van der Waals surface area contributed by atoms with Gasteiger partial charge in [0.15, 0.2) is 5.78 Å². The molecule has 0 aliphatic heterocycles. The first-order valence-electron chi connectivity index (χ1n) is 13.4. The number of carbonyl (C=O) groups is 3. The lowest BCUT2D eigenvalue weighted by atomic mass is 9.80. The molecule has 3 rings (SSSR count). The normalized spacial score (nSPS) is 14.4. The molecule has 0 fully saturated rings. The summed E-state index contributed by atoms with van der Waals surface area (Å²) in [5.41, 5.74) is 7.79. The number of nitrogens with two attached hydrogens (primary N) is 1. The summed E-state index contributed by atoms with van der Waals surface area (Å²) in [5.74, 6) is -8.32. The molecule has 8 heteroatoms. The maximum atomic E-state index is 15.5. The molecule has 0 saturated carbocycles. The topological polar surface area (TPSA) is 98.5 Å². The summed E-state index contributed by atoms with van der Waals surface area (Å²) in [6.07, 6.45) is -1.60. The molecule has 6 nitrogen and oxygen atoms in total. The number of alkyl halides is 2. The molecule has 2 unspecified atom stereocenters. The molecule has 0 bridgehead atoms. The summed E-state index contributed by atoms with van der Waals surface area (Å²) in [6.45, 7) is 3.49. The van der Waals surface area contributed by atoms with E-state index in [-0.39, 0.29) is 13.0 Å². The van der Waals surface area contributed by atoms with Crippen LogP contribution >= 0.6 is 0 Å². The number of nitrogens with one attached hydrogen (secondary N) is 1. The van der Waals surface area contributed by atoms with Gasteiger partial charge in [-0.15, -0.1) is 0 Å². The van der Waals surface area contributed by atoms with Crippen molar-refractivity contribution >= 4 is 17.7 Å². The molecular weight excluding hydrogens is 514 g/mol. The molecule has 4 atom stereocenters. The monoisotopic (exact) mass is 550 g/mol. The van der Waals surface area contributed by atoms with Crippen molar-refractivity contribution in [3.63, 3.8) is 0 Å². The first kappa shape index (κ1) is 30.6. The van der Waals surface area contributed by atoms with Crippen molar-refractivity contribution in [2.45, 2.75) is 57.7 Å². The van der Waals surface area contributed by atoms with Crippen molar-refractivity contribution in [1.29, 1.82) is 0 Å². The Labute approximate surface area is 233 Å². The molecular formula is C32H36F2N2O4. The second kappa shape index (κ2) is 14.5. The zero-order chi connectivity index (χ0) is 29.1. The van der Waals surface area contributed by atoms with E-state index in [2.05, 4.69) is 5.32 Å². The van der Waals surface area contributed by atoms with E-state index in [1.165, 1.54) is 0 Å². The number of alkyl carbamates (subject to hydrolysis) is 1. The number of ether oxygens (including phenoxy) is 1. The predicted molar refractivity (Wildman–Crippen MR) is 150 cm³/mol. The highest BCUT2D eigenvalue weighted by Crippen LogP contribution is 2.32. The quantitative estimate of drug-likeness (QED) is 0.238. The molecule has 0 radical (unpaired) electrons.